The lowest BCUT2D eigenvalue weighted by atomic mass is 9.99. The highest BCUT2D eigenvalue weighted by Gasteiger charge is 2.26. The number of carbonyl (C=O) groups excluding carboxylic acids is 1. The van der Waals surface area contributed by atoms with E-state index in [4.69, 9.17) is 5.73 Å². The van der Waals surface area contributed by atoms with Crippen molar-refractivity contribution in [2.75, 3.05) is 12.8 Å². The van der Waals surface area contributed by atoms with Crippen molar-refractivity contribution in [3.05, 3.63) is 40.1 Å². The monoisotopic (exact) mass is 276 g/mol. The fraction of sp³-hybridized carbons (Fsp3) is 0.167. The Balaban J connectivity index is 2.80. The van der Waals surface area contributed by atoms with Crippen LogP contribution in [0.3, 0.4) is 0 Å². The van der Waals surface area contributed by atoms with E-state index in [2.05, 4.69) is 9.84 Å². The molecule has 0 aliphatic rings. The highest BCUT2D eigenvalue weighted by Crippen LogP contribution is 2.36. The van der Waals surface area contributed by atoms with Gasteiger partial charge in [-0.1, -0.05) is 6.07 Å². The molecule has 8 nitrogen and oxygen atoms in total. The van der Waals surface area contributed by atoms with Crippen LogP contribution in [0.5, 0.6) is 0 Å². The van der Waals surface area contributed by atoms with Crippen molar-refractivity contribution >= 4 is 17.5 Å². The number of carbonyl (C=O) groups is 1. The molecule has 1 heterocycles. The standard InChI is InChI=1S/C12H12N4O4/c1-15-11(13)8(6-14-15)10-7(12(17)20-2)4-3-5-9(10)16(18)19/h3-6H,13H2,1-2H3. The van der Waals surface area contributed by atoms with Crippen molar-refractivity contribution in [2.45, 2.75) is 0 Å². The smallest absolute Gasteiger partial charge is 0.338 e. The molecule has 8 heteroatoms. The predicted molar refractivity (Wildman–Crippen MR) is 71.1 cm³/mol. The Morgan fingerprint density at radius 3 is 2.70 bits per heavy atom. The second-order valence-corrected chi connectivity index (χ2v) is 4.02. The van der Waals surface area contributed by atoms with Crippen LogP contribution in [-0.4, -0.2) is 27.8 Å². The van der Waals surface area contributed by atoms with Crippen molar-refractivity contribution in [2.24, 2.45) is 7.05 Å². The molecule has 0 atom stereocenters. The maximum absolute atomic E-state index is 11.8. The number of nitrogens with two attached hydrogens (primary N) is 1. The highest BCUT2D eigenvalue weighted by molar-refractivity contribution is 6.01. The minimum absolute atomic E-state index is 0.0707. The number of nitro groups is 1. The number of hydrogen-bond donors (Lipinski definition) is 1. The van der Waals surface area contributed by atoms with Crippen LogP contribution in [0, 0.1) is 10.1 Å². The number of nitro benzene ring substituents is 1. The Kier molecular flexibility index (Phi) is 3.38. The number of esters is 1. The van der Waals surface area contributed by atoms with Crippen LogP contribution in [0.25, 0.3) is 11.1 Å². The Hall–Kier alpha value is -2.90. The quantitative estimate of drug-likeness (QED) is 0.514. The normalized spacial score (nSPS) is 10.3. The van der Waals surface area contributed by atoms with E-state index in [0.717, 1.165) is 0 Å². The fourth-order valence-electron chi connectivity index (χ4n) is 1.90. The Bertz CT molecular complexity index is 693. The molecule has 0 bridgehead atoms. The summed E-state index contributed by atoms with van der Waals surface area (Å²) in [5, 5.41) is 15.1. The zero-order chi connectivity index (χ0) is 14.9. The number of ether oxygens (including phenoxy) is 1. The molecule has 0 amide bonds. The summed E-state index contributed by atoms with van der Waals surface area (Å²) in [6, 6.07) is 4.16. The Labute approximate surface area is 113 Å². The molecule has 0 saturated carbocycles. The summed E-state index contributed by atoms with van der Waals surface area (Å²) in [5.41, 5.74) is 6.11. The molecule has 0 spiro atoms. The third-order valence-electron chi connectivity index (χ3n) is 2.90. The third-order valence-corrected chi connectivity index (χ3v) is 2.90. The molecule has 104 valence electrons. The zero-order valence-electron chi connectivity index (χ0n) is 10.9. The van der Waals surface area contributed by atoms with Crippen LogP contribution in [0.15, 0.2) is 24.4 Å². The minimum Gasteiger partial charge on any atom is -0.465 e. The maximum atomic E-state index is 11.8. The van der Waals surface area contributed by atoms with E-state index in [-0.39, 0.29) is 22.6 Å². The third kappa shape index (κ3) is 2.07. The summed E-state index contributed by atoms with van der Waals surface area (Å²) in [7, 11) is 2.81. The largest absolute Gasteiger partial charge is 0.465 e. The molecule has 0 unspecified atom stereocenters. The molecule has 2 N–H and O–H groups in total. The molecule has 2 aromatic rings. The molecule has 0 aliphatic heterocycles. The van der Waals surface area contributed by atoms with E-state index in [9.17, 15) is 14.9 Å². The predicted octanol–water partition coefficient (Wildman–Crippen LogP) is 1.36. The van der Waals surface area contributed by atoms with Gasteiger partial charge in [-0.15, -0.1) is 0 Å². The number of nitrogens with zero attached hydrogens (tertiary/aromatic N) is 3. The average molecular weight is 276 g/mol. The maximum Gasteiger partial charge on any atom is 0.338 e. The number of aromatic nitrogens is 2. The minimum atomic E-state index is -0.674. The van der Waals surface area contributed by atoms with Crippen LogP contribution >= 0.6 is 0 Å². The lowest BCUT2D eigenvalue weighted by Gasteiger charge is -2.08. The highest BCUT2D eigenvalue weighted by atomic mass is 16.6. The van der Waals surface area contributed by atoms with E-state index in [1.165, 1.54) is 36.2 Å². The first-order valence-corrected chi connectivity index (χ1v) is 5.61. The number of anilines is 1. The first kappa shape index (κ1) is 13.5. The van der Waals surface area contributed by atoms with E-state index >= 15 is 0 Å². The molecule has 20 heavy (non-hydrogen) atoms. The molecule has 0 fully saturated rings. The van der Waals surface area contributed by atoms with Gasteiger partial charge in [0.2, 0.25) is 0 Å². The summed E-state index contributed by atoms with van der Waals surface area (Å²) in [5.74, 6) is -0.448. The lowest BCUT2D eigenvalue weighted by Crippen LogP contribution is -2.07. The summed E-state index contributed by atoms with van der Waals surface area (Å²) < 4.78 is 6.02. The number of benzene rings is 1. The van der Waals surface area contributed by atoms with Crippen molar-refractivity contribution in [1.82, 2.24) is 9.78 Å². The van der Waals surface area contributed by atoms with E-state index in [0.29, 0.717) is 5.56 Å². The number of rotatable bonds is 3. The van der Waals surface area contributed by atoms with E-state index in [1.807, 2.05) is 0 Å². The molecule has 2 rings (SSSR count). The summed E-state index contributed by atoms with van der Waals surface area (Å²) >= 11 is 0. The summed E-state index contributed by atoms with van der Waals surface area (Å²) in [6.07, 6.45) is 1.38. The van der Waals surface area contributed by atoms with Crippen LogP contribution in [0.2, 0.25) is 0 Å². The second-order valence-electron chi connectivity index (χ2n) is 4.02. The van der Waals surface area contributed by atoms with Crippen LogP contribution in [0.1, 0.15) is 10.4 Å². The number of aryl methyl sites for hydroxylation is 1. The van der Waals surface area contributed by atoms with E-state index < -0.39 is 10.9 Å². The van der Waals surface area contributed by atoms with Gasteiger partial charge in [-0.2, -0.15) is 5.10 Å². The SMILES string of the molecule is COC(=O)c1cccc([N+](=O)[O-])c1-c1cnn(C)c1N. The van der Waals surface area contributed by atoms with Gasteiger partial charge in [0, 0.05) is 13.1 Å². The summed E-state index contributed by atoms with van der Waals surface area (Å²) in [6.45, 7) is 0. The fourth-order valence-corrected chi connectivity index (χ4v) is 1.90. The molecular formula is C12H12N4O4. The van der Waals surface area contributed by atoms with Gasteiger partial charge in [0.05, 0.1) is 34.9 Å². The van der Waals surface area contributed by atoms with Gasteiger partial charge in [-0.05, 0) is 6.07 Å². The van der Waals surface area contributed by atoms with Crippen molar-refractivity contribution in [3.8, 4) is 11.1 Å². The van der Waals surface area contributed by atoms with Gasteiger partial charge in [0.15, 0.2) is 0 Å². The number of hydrogen-bond acceptors (Lipinski definition) is 6. The van der Waals surface area contributed by atoms with Crippen LogP contribution in [-0.2, 0) is 11.8 Å². The molecule has 1 aromatic heterocycles. The first-order chi connectivity index (χ1) is 9.47. The summed E-state index contributed by atoms with van der Waals surface area (Å²) in [4.78, 5) is 22.4. The van der Waals surface area contributed by atoms with Crippen molar-refractivity contribution < 1.29 is 14.5 Å². The second kappa shape index (κ2) is 5.00. The van der Waals surface area contributed by atoms with Gasteiger partial charge in [-0.3, -0.25) is 14.8 Å². The van der Waals surface area contributed by atoms with E-state index in [1.54, 1.807) is 7.05 Å². The molecule has 0 saturated heterocycles. The lowest BCUT2D eigenvalue weighted by molar-refractivity contribution is -0.384. The Morgan fingerprint density at radius 1 is 1.50 bits per heavy atom. The van der Waals surface area contributed by atoms with Gasteiger partial charge in [0.1, 0.15) is 5.82 Å². The number of methoxy groups -OCH3 is 1. The first-order valence-electron chi connectivity index (χ1n) is 5.61. The Morgan fingerprint density at radius 2 is 2.20 bits per heavy atom. The zero-order valence-corrected chi connectivity index (χ0v) is 10.9. The van der Waals surface area contributed by atoms with Gasteiger partial charge in [0.25, 0.3) is 5.69 Å². The van der Waals surface area contributed by atoms with Crippen LogP contribution in [0.4, 0.5) is 11.5 Å². The van der Waals surface area contributed by atoms with Crippen molar-refractivity contribution in [1.29, 1.82) is 0 Å². The molecule has 1 aromatic carbocycles. The molecular weight excluding hydrogens is 264 g/mol. The molecule has 0 radical (unpaired) electrons. The van der Waals surface area contributed by atoms with Crippen LogP contribution < -0.4 is 5.73 Å². The average Bonchev–Trinajstić information content (AvgIpc) is 2.77. The molecule has 0 aliphatic carbocycles. The van der Waals surface area contributed by atoms with Gasteiger partial charge < -0.3 is 10.5 Å². The van der Waals surface area contributed by atoms with Gasteiger partial charge >= 0.3 is 5.97 Å². The topological polar surface area (TPSA) is 113 Å². The number of nitrogen functional groups attached to an aromatic ring is 1. The van der Waals surface area contributed by atoms with Gasteiger partial charge in [-0.25, -0.2) is 4.79 Å². The van der Waals surface area contributed by atoms with Crippen molar-refractivity contribution in [3.63, 3.8) is 0 Å².